The van der Waals surface area contributed by atoms with E-state index in [1.807, 2.05) is 13.8 Å². The van der Waals surface area contributed by atoms with Gasteiger partial charge in [0.1, 0.15) is 30.2 Å². The highest BCUT2D eigenvalue weighted by Gasteiger charge is 2.38. The maximum atomic E-state index is 14.1. The van der Waals surface area contributed by atoms with Crippen molar-refractivity contribution in [2.45, 2.75) is 160 Å². The van der Waals surface area contributed by atoms with Crippen LogP contribution in [0, 0.1) is 11.8 Å². The van der Waals surface area contributed by atoms with E-state index in [4.69, 9.17) is 22.3 Å². The molecule has 0 aromatic rings. The van der Waals surface area contributed by atoms with Crippen LogP contribution < -0.4 is 38.5 Å². The molecule has 0 aromatic heterocycles. The number of aliphatic carboxylic acids is 2. The van der Waals surface area contributed by atoms with E-state index in [1.165, 1.54) is 11.8 Å². The van der Waals surface area contributed by atoms with Crippen LogP contribution in [0.25, 0.3) is 0 Å². The van der Waals surface area contributed by atoms with Gasteiger partial charge in [-0.05, 0) is 77.7 Å². The molecule has 18 heteroatoms. The number of nitrogens with one attached hydrogen (secondary N) is 4. The second-order valence-electron chi connectivity index (χ2n) is 15.0. The highest BCUT2D eigenvalue weighted by molar-refractivity contribution is 5.96. The monoisotopic (exact) mass is 768 g/mol. The molecule has 0 heterocycles. The summed E-state index contributed by atoms with van der Waals surface area (Å²) in [6, 6.07) is -8.16. The van der Waals surface area contributed by atoms with Crippen LogP contribution >= 0.6 is 0 Å². The second-order valence-corrected chi connectivity index (χ2v) is 15.0. The number of carbonyl (C=O) groups is 8. The molecule has 0 saturated heterocycles. The zero-order chi connectivity index (χ0) is 41.1. The van der Waals surface area contributed by atoms with Crippen LogP contribution in [0.4, 0.5) is 0 Å². The fraction of sp³-hybridized carbons (Fsp3) is 0.778. The zero-order valence-corrected chi connectivity index (χ0v) is 32.4. The summed E-state index contributed by atoms with van der Waals surface area (Å²) < 4.78 is 0. The van der Waals surface area contributed by atoms with E-state index < -0.39 is 96.1 Å². The van der Waals surface area contributed by atoms with Crippen molar-refractivity contribution in [3.63, 3.8) is 0 Å². The van der Waals surface area contributed by atoms with Crippen LogP contribution in [-0.2, 0) is 38.4 Å². The average molecular weight is 769 g/mol. The van der Waals surface area contributed by atoms with Crippen LogP contribution in [-0.4, -0.2) is 111 Å². The number of primary amides is 1. The summed E-state index contributed by atoms with van der Waals surface area (Å²) in [6.07, 6.45) is 4.92. The predicted molar refractivity (Wildman–Crippen MR) is 199 cm³/mol. The van der Waals surface area contributed by atoms with Crippen molar-refractivity contribution in [1.29, 1.82) is 0 Å². The summed E-state index contributed by atoms with van der Waals surface area (Å²) >= 11 is 0. The van der Waals surface area contributed by atoms with E-state index in [9.17, 15) is 43.5 Å². The minimum absolute atomic E-state index is 0.0210. The van der Waals surface area contributed by atoms with Gasteiger partial charge in [-0.1, -0.05) is 46.0 Å². The fourth-order valence-electron chi connectivity index (χ4n) is 6.55. The number of rotatable bonds is 25. The average Bonchev–Trinajstić information content (AvgIpc) is 3.08. The van der Waals surface area contributed by atoms with E-state index in [0.717, 1.165) is 32.1 Å². The quantitative estimate of drug-likeness (QED) is 0.0548. The Labute approximate surface area is 317 Å². The largest absolute Gasteiger partial charge is 0.481 e. The molecule has 0 radical (unpaired) electrons. The van der Waals surface area contributed by atoms with E-state index in [2.05, 4.69) is 21.3 Å². The number of amides is 6. The molecule has 0 aromatic carbocycles. The molecule has 1 saturated carbocycles. The first-order valence-corrected chi connectivity index (χ1v) is 19.0. The summed E-state index contributed by atoms with van der Waals surface area (Å²) in [4.78, 5) is 104. The van der Waals surface area contributed by atoms with Gasteiger partial charge in [-0.15, -0.1) is 0 Å². The lowest BCUT2D eigenvalue weighted by atomic mass is 9.84. The van der Waals surface area contributed by atoms with E-state index in [0.29, 0.717) is 19.4 Å². The first-order chi connectivity index (χ1) is 25.3. The molecule has 0 unspecified atom stereocenters. The SMILES string of the molecule is CC(C)C[C@H](NC(=O)[C@H](CC1CCCCC1)NC(=O)[C@H](C)NC(=O)[C@H](CCCCN)N(C(=O)[C@H](CCC(N)=O)NC(=O)[C@@H](N)CC(=O)O)C(C)C)C(=O)O. The highest BCUT2D eigenvalue weighted by Crippen LogP contribution is 2.27. The third kappa shape index (κ3) is 17.2. The van der Waals surface area contributed by atoms with Crippen LogP contribution in [0.3, 0.4) is 0 Å². The maximum absolute atomic E-state index is 14.1. The molecular formula is C36H64N8O10. The molecule has 1 rings (SSSR count). The second kappa shape index (κ2) is 24.2. The molecule has 1 aliphatic rings. The molecule has 6 atom stereocenters. The molecule has 0 bridgehead atoms. The van der Waals surface area contributed by atoms with Gasteiger partial charge in [-0.2, -0.15) is 0 Å². The van der Waals surface area contributed by atoms with Crippen molar-refractivity contribution in [1.82, 2.24) is 26.2 Å². The molecule has 54 heavy (non-hydrogen) atoms. The van der Waals surface area contributed by atoms with Crippen LogP contribution in [0.15, 0.2) is 0 Å². The Hall–Kier alpha value is -4.32. The van der Waals surface area contributed by atoms with Crippen molar-refractivity contribution < 1.29 is 48.6 Å². The van der Waals surface area contributed by atoms with Crippen molar-refractivity contribution >= 4 is 47.4 Å². The van der Waals surface area contributed by atoms with Gasteiger partial charge >= 0.3 is 11.9 Å². The first kappa shape index (κ1) is 47.7. The Balaban J connectivity index is 3.35. The number of hydrogen-bond acceptors (Lipinski definition) is 10. The Bertz CT molecular complexity index is 1290. The van der Waals surface area contributed by atoms with Gasteiger partial charge in [0.15, 0.2) is 0 Å². The molecular weight excluding hydrogens is 704 g/mol. The topological polar surface area (TPSA) is 306 Å². The Morgan fingerprint density at radius 3 is 1.85 bits per heavy atom. The minimum atomic E-state index is -1.50. The van der Waals surface area contributed by atoms with E-state index in [-0.39, 0.29) is 43.9 Å². The molecule has 0 spiro atoms. The number of nitrogens with two attached hydrogens (primary N) is 3. The Kier molecular flexibility index (Phi) is 21.3. The first-order valence-electron chi connectivity index (χ1n) is 19.0. The van der Waals surface area contributed by atoms with Gasteiger partial charge in [0.2, 0.25) is 35.4 Å². The van der Waals surface area contributed by atoms with Gasteiger partial charge < -0.3 is 53.6 Å². The number of carboxylic acids is 2. The molecule has 1 aliphatic carbocycles. The van der Waals surface area contributed by atoms with Gasteiger partial charge in [0, 0.05) is 12.5 Å². The number of carbonyl (C=O) groups excluding carboxylic acids is 6. The molecule has 12 N–H and O–H groups in total. The van der Waals surface area contributed by atoms with Gasteiger partial charge in [-0.25, -0.2) is 4.79 Å². The Morgan fingerprint density at radius 1 is 0.741 bits per heavy atom. The molecule has 1 fully saturated rings. The van der Waals surface area contributed by atoms with Crippen molar-refractivity contribution in [2.24, 2.45) is 29.0 Å². The fourth-order valence-corrected chi connectivity index (χ4v) is 6.55. The molecule has 308 valence electrons. The highest BCUT2D eigenvalue weighted by atomic mass is 16.4. The summed E-state index contributed by atoms with van der Waals surface area (Å²) in [6.45, 7) is 8.66. The van der Waals surface area contributed by atoms with Gasteiger partial charge in [0.05, 0.1) is 12.5 Å². The van der Waals surface area contributed by atoms with Crippen molar-refractivity contribution in [3.8, 4) is 0 Å². The third-order valence-corrected chi connectivity index (χ3v) is 9.41. The summed E-state index contributed by atoms with van der Waals surface area (Å²) in [5.41, 5.74) is 16.7. The number of unbranched alkanes of at least 4 members (excludes halogenated alkanes) is 1. The molecule has 6 amide bonds. The number of nitrogens with zero attached hydrogens (tertiary/aromatic N) is 1. The van der Waals surface area contributed by atoms with Gasteiger partial charge in [0.25, 0.3) is 0 Å². The minimum Gasteiger partial charge on any atom is -0.481 e. The normalized spacial score (nSPS) is 16.6. The standard InChI is InChI=1S/C36H64N8O10/c1-20(2)17-27(36(53)54)43-33(50)26(18-23-11-7-6-8-12-23)42-31(48)22(5)40-34(51)28(13-9-10-16-37)44(21(3)4)35(52)25(14-15-29(39)45)41-32(49)24(38)19-30(46)47/h20-28H,6-19,37-38H2,1-5H3,(H2,39,45)(H,40,51)(H,41,49)(H,42,48)(H,43,50)(H,46,47)(H,53,54)/t22-,24-,25-,26-,27-,28-/m0/s1. The number of hydrogen-bond donors (Lipinski definition) is 9. The summed E-state index contributed by atoms with van der Waals surface area (Å²) in [5, 5.41) is 29.2. The lowest BCUT2D eigenvalue weighted by Gasteiger charge is -2.37. The summed E-state index contributed by atoms with van der Waals surface area (Å²) in [5.74, 6) is -6.94. The van der Waals surface area contributed by atoms with E-state index >= 15 is 0 Å². The lowest BCUT2D eigenvalue weighted by Crippen LogP contribution is -2.61. The maximum Gasteiger partial charge on any atom is 0.326 e. The van der Waals surface area contributed by atoms with Crippen molar-refractivity contribution in [2.75, 3.05) is 6.54 Å². The molecule has 0 aliphatic heterocycles. The van der Waals surface area contributed by atoms with E-state index in [1.54, 1.807) is 13.8 Å². The lowest BCUT2D eigenvalue weighted by molar-refractivity contribution is -0.147. The van der Waals surface area contributed by atoms with Crippen LogP contribution in [0.2, 0.25) is 0 Å². The number of carboxylic acid groups (broad SMARTS) is 2. The predicted octanol–water partition coefficient (Wildman–Crippen LogP) is -0.151. The van der Waals surface area contributed by atoms with Crippen LogP contribution in [0.5, 0.6) is 0 Å². The Morgan fingerprint density at radius 2 is 1.33 bits per heavy atom. The van der Waals surface area contributed by atoms with Crippen molar-refractivity contribution in [3.05, 3.63) is 0 Å². The zero-order valence-electron chi connectivity index (χ0n) is 32.4. The third-order valence-electron chi connectivity index (χ3n) is 9.41. The van der Waals surface area contributed by atoms with Gasteiger partial charge in [-0.3, -0.25) is 33.6 Å². The molecule has 18 nitrogen and oxygen atoms in total. The summed E-state index contributed by atoms with van der Waals surface area (Å²) in [7, 11) is 0. The smallest absolute Gasteiger partial charge is 0.326 e. The van der Waals surface area contributed by atoms with Crippen LogP contribution in [0.1, 0.15) is 118 Å².